The number of hydrogen-bond donors (Lipinski definition) is 0. The van der Waals surface area contributed by atoms with Crippen LogP contribution >= 0.6 is 0 Å². The Labute approximate surface area is 146 Å². The van der Waals surface area contributed by atoms with E-state index in [2.05, 4.69) is 5.10 Å². The Bertz CT molecular complexity index is 864. The summed E-state index contributed by atoms with van der Waals surface area (Å²) in [5, 5.41) is 4.38. The lowest BCUT2D eigenvalue weighted by Crippen LogP contribution is -2.38. The van der Waals surface area contributed by atoms with Crippen LogP contribution in [0.15, 0.2) is 67.0 Å². The second kappa shape index (κ2) is 6.43. The minimum atomic E-state index is -0.438. The van der Waals surface area contributed by atoms with Crippen molar-refractivity contribution in [1.29, 1.82) is 0 Å². The Kier molecular flexibility index (Phi) is 3.98. The van der Waals surface area contributed by atoms with Gasteiger partial charge in [-0.05, 0) is 23.8 Å². The van der Waals surface area contributed by atoms with Crippen LogP contribution in [0, 0.1) is 0 Å². The Morgan fingerprint density at radius 2 is 1.96 bits per heavy atom. The van der Waals surface area contributed by atoms with Gasteiger partial charge in [0.1, 0.15) is 5.75 Å². The van der Waals surface area contributed by atoms with Crippen LogP contribution in [0.1, 0.15) is 11.1 Å². The molecule has 1 aliphatic heterocycles. The third-order valence-corrected chi connectivity index (χ3v) is 4.38. The van der Waals surface area contributed by atoms with Gasteiger partial charge in [0.05, 0.1) is 11.9 Å². The van der Waals surface area contributed by atoms with E-state index in [-0.39, 0.29) is 5.91 Å². The van der Waals surface area contributed by atoms with Crippen LogP contribution in [0.2, 0.25) is 0 Å². The minimum Gasteiger partial charge on any atom is -0.480 e. The molecule has 25 heavy (non-hydrogen) atoms. The van der Waals surface area contributed by atoms with Crippen LogP contribution < -0.4 is 4.74 Å². The van der Waals surface area contributed by atoms with Crippen LogP contribution in [-0.2, 0) is 17.8 Å². The lowest BCUT2D eigenvalue weighted by Gasteiger charge is -2.20. The van der Waals surface area contributed by atoms with E-state index in [0.717, 1.165) is 22.6 Å². The Morgan fingerprint density at radius 1 is 1.20 bits per heavy atom. The van der Waals surface area contributed by atoms with E-state index in [1.807, 2.05) is 65.5 Å². The summed E-state index contributed by atoms with van der Waals surface area (Å²) in [7, 11) is 1.80. The molecule has 1 aliphatic rings. The molecule has 0 unspecified atom stereocenters. The van der Waals surface area contributed by atoms with Gasteiger partial charge in [0, 0.05) is 31.8 Å². The fourth-order valence-corrected chi connectivity index (χ4v) is 3.08. The number of para-hydroxylation sites is 2. The van der Waals surface area contributed by atoms with Crippen LogP contribution in [0.4, 0.5) is 0 Å². The summed E-state index contributed by atoms with van der Waals surface area (Å²) in [5.74, 6) is 0.801. The van der Waals surface area contributed by atoms with E-state index in [0.29, 0.717) is 13.0 Å². The Hall–Kier alpha value is -3.08. The minimum absolute atomic E-state index is 0.0105. The molecule has 1 aromatic heterocycles. The summed E-state index contributed by atoms with van der Waals surface area (Å²) in [4.78, 5) is 14.4. The molecular formula is C20H19N3O2. The van der Waals surface area contributed by atoms with Crippen molar-refractivity contribution in [2.45, 2.75) is 19.1 Å². The number of hydrogen-bond acceptors (Lipinski definition) is 3. The van der Waals surface area contributed by atoms with Crippen molar-refractivity contribution < 1.29 is 9.53 Å². The summed E-state index contributed by atoms with van der Waals surface area (Å²) in [6, 6.07) is 17.7. The van der Waals surface area contributed by atoms with Gasteiger partial charge in [0.15, 0.2) is 6.10 Å². The molecule has 0 saturated heterocycles. The zero-order valence-electron chi connectivity index (χ0n) is 14.0. The predicted molar refractivity (Wildman–Crippen MR) is 94.6 cm³/mol. The van der Waals surface area contributed by atoms with Crippen molar-refractivity contribution in [3.05, 3.63) is 78.1 Å². The zero-order chi connectivity index (χ0) is 17.2. The number of carbonyl (C=O) groups excluding carboxylic acids is 1. The molecule has 5 nitrogen and oxygen atoms in total. The normalized spacial score (nSPS) is 15.5. The molecule has 1 atom stereocenters. The number of benzene rings is 2. The molecule has 1 amide bonds. The first-order valence-electron chi connectivity index (χ1n) is 8.29. The number of aromatic nitrogens is 2. The number of amides is 1. The van der Waals surface area contributed by atoms with Crippen LogP contribution in [0.3, 0.4) is 0 Å². The van der Waals surface area contributed by atoms with E-state index in [1.54, 1.807) is 18.1 Å². The van der Waals surface area contributed by atoms with Crippen molar-refractivity contribution in [1.82, 2.24) is 14.7 Å². The summed E-state index contributed by atoms with van der Waals surface area (Å²) in [6.07, 6.45) is 3.93. The molecule has 126 valence electrons. The largest absolute Gasteiger partial charge is 0.480 e. The fraction of sp³-hybridized carbons (Fsp3) is 0.200. The van der Waals surface area contributed by atoms with E-state index in [9.17, 15) is 4.79 Å². The Balaban J connectivity index is 1.42. The lowest BCUT2D eigenvalue weighted by molar-refractivity contribution is -0.137. The number of rotatable bonds is 4. The molecule has 0 radical (unpaired) electrons. The Morgan fingerprint density at radius 3 is 2.76 bits per heavy atom. The quantitative estimate of drug-likeness (QED) is 0.738. The van der Waals surface area contributed by atoms with Gasteiger partial charge in [-0.1, -0.05) is 36.4 Å². The SMILES string of the molecule is CN(Cc1cnn(-c2ccccc2)c1)C(=O)[C@H]1Cc2ccccc2O1. The number of likely N-dealkylation sites (N-methyl/N-ethyl adjacent to an activating group) is 1. The number of ether oxygens (including phenoxy) is 1. The molecule has 2 heterocycles. The predicted octanol–water partition coefficient (Wildman–Crippen LogP) is 2.83. The second-order valence-corrected chi connectivity index (χ2v) is 6.24. The molecule has 5 heteroatoms. The van der Waals surface area contributed by atoms with Crippen LogP contribution in [-0.4, -0.2) is 33.7 Å². The highest BCUT2D eigenvalue weighted by Crippen LogP contribution is 2.29. The number of carbonyl (C=O) groups is 1. The van der Waals surface area contributed by atoms with Crippen molar-refractivity contribution in [2.75, 3.05) is 7.05 Å². The monoisotopic (exact) mass is 333 g/mol. The first-order valence-corrected chi connectivity index (χ1v) is 8.29. The average molecular weight is 333 g/mol. The molecular weight excluding hydrogens is 314 g/mol. The topological polar surface area (TPSA) is 47.4 Å². The van der Waals surface area contributed by atoms with Gasteiger partial charge in [-0.2, -0.15) is 5.10 Å². The first-order chi connectivity index (χ1) is 12.2. The molecule has 0 aliphatic carbocycles. The summed E-state index contributed by atoms with van der Waals surface area (Å²) < 4.78 is 7.61. The molecule has 0 spiro atoms. The van der Waals surface area contributed by atoms with Crippen LogP contribution in [0.25, 0.3) is 5.69 Å². The second-order valence-electron chi connectivity index (χ2n) is 6.24. The summed E-state index contributed by atoms with van der Waals surface area (Å²) in [6.45, 7) is 0.502. The fourth-order valence-electron chi connectivity index (χ4n) is 3.08. The van der Waals surface area contributed by atoms with Gasteiger partial charge in [-0.3, -0.25) is 4.79 Å². The maximum Gasteiger partial charge on any atom is 0.264 e. The molecule has 4 rings (SSSR count). The maximum absolute atomic E-state index is 12.7. The lowest BCUT2D eigenvalue weighted by atomic mass is 10.1. The molecule has 0 fully saturated rings. The highest BCUT2D eigenvalue weighted by molar-refractivity contribution is 5.82. The van der Waals surface area contributed by atoms with Crippen molar-refractivity contribution in [3.63, 3.8) is 0 Å². The van der Waals surface area contributed by atoms with Crippen molar-refractivity contribution >= 4 is 5.91 Å². The van der Waals surface area contributed by atoms with Gasteiger partial charge in [0.2, 0.25) is 0 Å². The molecule has 0 saturated carbocycles. The summed E-state index contributed by atoms with van der Waals surface area (Å²) >= 11 is 0. The standard InChI is InChI=1S/C20H19N3O2/c1-22(20(24)19-11-16-7-5-6-10-18(16)25-19)13-15-12-21-23(14-15)17-8-3-2-4-9-17/h2-10,12,14,19H,11,13H2,1H3/t19-/m1/s1. The number of fused-ring (bicyclic) bond motifs is 1. The highest BCUT2D eigenvalue weighted by atomic mass is 16.5. The molecule has 2 aromatic carbocycles. The van der Waals surface area contributed by atoms with E-state index in [1.165, 1.54) is 0 Å². The summed E-state index contributed by atoms with van der Waals surface area (Å²) in [5.41, 5.74) is 3.07. The zero-order valence-corrected chi connectivity index (χ0v) is 14.0. The number of nitrogens with zero attached hydrogens (tertiary/aromatic N) is 3. The van der Waals surface area contributed by atoms with Crippen molar-refractivity contribution in [2.24, 2.45) is 0 Å². The van der Waals surface area contributed by atoms with E-state index < -0.39 is 6.10 Å². The smallest absolute Gasteiger partial charge is 0.264 e. The molecule has 0 N–H and O–H groups in total. The highest BCUT2D eigenvalue weighted by Gasteiger charge is 2.31. The van der Waals surface area contributed by atoms with Gasteiger partial charge >= 0.3 is 0 Å². The van der Waals surface area contributed by atoms with Gasteiger partial charge < -0.3 is 9.64 Å². The van der Waals surface area contributed by atoms with Crippen LogP contribution in [0.5, 0.6) is 5.75 Å². The average Bonchev–Trinajstić information content (AvgIpc) is 3.28. The first kappa shape index (κ1) is 15.4. The molecule has 3 aromatic rings. The maximum atomic E-state index is 12.7. The van der Waals surface area contributed by atoms with Crippen molar-refractivity contribution in [3.8, 4) is 11.4 Å². The molecule has 0 bridgehead atoms. The van der Waals surface area contributed by atoms with E-state index >= 15 is 0 Å². The van der Waals surface area contributed by atoms with Gasteiger partial charge in [0.25, 0.3) is 5.91 Å². The third-order valence-electron chi connectivity index (χ3n) is 4.38. The third kappa shape index (κ3) is 3.13. The van der Waals surface area contributed by atoms with Gasteiger partial charge in [-0.25, -0.2) is 4.68 Å². The van der Waals surface area contributed by atoms with E-state index in [4.69, 9.17) is 4.74 Å². The van der Waals surface area contributed by atoms with Gasteiger partial charge in [-0.15, -0.1) is 0 Å².